The smallest absolute Gasteiger partial charge is 0.00673 e. The molecular weight excluding hydrogens is 242 g/mol. The Labute approximate surface area is 128 Å². The van der Waals surface area contributed by atoms with Gasteiger partial charge >= 0.3 is 0 Å². The third-order valence-corrected chi connectivity index (χ3v) is 5.11. The Bertz CT molecular complexity index is 234. The van der Waals surface area contributed by atoms with E-state index in [1.807, 2.05) is 0 Å². The van der Waals surface area contributed by atoms with Gasteiger partial charge in [-0.25, -0.2) is 0 Å². The van der Waals surface area contributed by atoms with E-state index in [9.17, 15) is 0 Å². The van der Waals surface area contributed by atoms with Crippen LogP contribution in [0.25, 0.3) is 0 Å². The molecule has 0 aromatic carbocycles. The van der Waals surface area contributed by atoms with Gasteiger partial charge in [0, 0.05) is 12.6 Å². The van der Waals surface area contributed by atoms with E-state index in [0.29, 0.717) is 5.41 Å². The fourth-order valence-corrected chi connectivity index (χ4v) is 3.64. The molecule has 20 heavy (non-hydrogen) atoms. The van der Waals surface area contributed by atoms with Crippen LogP contribution in [-0.2, 0) is 0 Å². The normalized spacial score (nSPS) is 24.6. The van der Waals surface area contributed by atoms with Gasteiger partial charge in [0.1, 0.15) is 0 Å². The van der Waals surface area contributed by atoms with Crippen LogP contribution in [0.5, 0.6) is 0 Å². The molecule has 1 fully saturated rings. The summed E-state index contributed by atoms with van der Waals surface area (Å²) in [4.78, 5) is 0. The highest BCUT2D eigenvalue weighted by atomic mass is 14.9. The van der Waals surface area contributed by atoms with E-state index in [-0.39, 0.29) is 0 Å². The average Bonchev–Trinajstić information content (AvgIpc) is 2.63. The summed E-state index contributed by atoms with van der Waals surface area (Å²) in [6.45, 7) is 10.7. The first kappa shape index (κ1) is 18.0. The summed E-state index contributed by atoms with van der Waals surface area (Å²) in [6, 6.07) is 0.794. The fourth-order valence-electron chi connectivity index (χ4n) is 3.64. The Kier molecular flexibility index (Phi) is 8.84. The Hall–Kier alpha value is -0.0400. The highest BCUT2D eigenvalue weighted by Crippen LogP contribution is 2.28. The van der Waals surface area contributed by atoms with Crippen LogP contribution in [0.3, 0.4) is 0 Å². The van der Waals surface area contributed by atoms with Crippen LogP contribution in [-0.4, -0.2) is 12.6 Å². The standard InChI is InChI=1S/C19H39N/c1-5-7-8-15-19(3,4)16-20-18-12-9-11-17(10-6-2)13-14-18/h17-18,20H,5-16H2,1-4H3. The summed E-state index contributed by atoms with van der Waals surface area (Å²) in [6.07, 6.45) is 15.5. The van der Waals surface area contributed by atoms with Crippen LogP contribution >= 0.6 is 0 Å². The molecule has 2 unspecified atom stereocenters. The second-order valence-corrected chi connectivity index (χ2v) is 7.86. The summed E-state index contributed by atoms with van der Waals surface area (Å²) in [5.74, 6) is 1.02. The van der Waals surface area contributed by atoms with E-state index in [1.165, 1.54) is 77.2 Å². The van der Waals surface area contributed by atoms with Gasteiger partial charge in [-0.1, -0.05) is 72.6 Å². The highest BCUT2D eigenvalue weighted by molar-refractivity contribution is 4.79. The number of hydrogen-bond donors (Lipinski definition) is 1. The van der Waals surface area contributed by atoms with Crippen LogP contribution < -0.4 is 5.32 Å². The molecule has 1 aliphatic rings. The molecule has 0 spiro atoms. The lowest BCUT2D eigenvalue weighted by atomic mass is 9.86. The molecule has 0 aromatic heterocycles. The summed E-state index contributed by atoms with van der Waals surface area (Å²) in [5.41, 5.74) is 0.476. The molecule has 1 nitrogen and oxygen atoms in total. The van der Waals surface area contributed by atoms with Crippen molar-refractivity contribution in [1.29, 1.82) is 0 Å². The van der Waals surface area contributed by atoms with E-state index in [2.05, 4.69) is 33.0 Å². The first-order valence-electron chi connectivity index (χ1n) is 9.30. The van der Waals surface area contributed by atoms with E-state index in [4.69, 9.17) is 0 Å². The zero-order valence-electron chi connectivity index (χ0n) is 14.6. The first-order valence-corrected chi connectivity index (χ1v) is 9.30. The molecule has 1 heteroatoms. The van der Waals surface area contributed by atoms with Crippen molar-refractivity contribution in [3.05, 3.63) is 0 Å². The predicted molar refractivity (Wildman–Crippen MR) is 91.2 cm³/mol. The lowest BCUT2D eigenvalue weighted by molar-refractivity contribution is 0.278. The van der Waals surface area contributed by atoms with Crippen molar-refractivity contribution in [2.75, 3.05) is 6.54 Å². The topological polar surface area (TPSA) is 12.0 Å². The molecule has 2 atom stereocenters. The van der Waals surface area contributed by atoms with Crippen LogP contribution in [0.4, 0.5) is 0 Å². The number of unbranched alkanes of at least 4 members (excludes halogenated alkanes) is 2. The third kappa shape index (κ3) is 7.67. The van der Waals surface area contributed by atoms with Gasteiger partial charge in [0.25, 0.3) is 0 Å². The Morgan fingerprint density at radius 3 is 2.45 bits per heavy atom. The van der Waals surface area contributed by atoms with E-state index in [0.717, 1.165) is 12.0 Å². The second kappa shape index (κ2) is 9.82. The molecule has 1 rings (SSSR count). The first-order chi connectivity index (χ1) is 9.57. The van der Waals surface area contributed by atoms with Crippen molar-refractivity contribution in [1.82, 2.24) is 5.32 Å². The summed E-state index contributed by atoms with van der Waals surface area (Å²) in [7, 11) is 0. The molecule has 0 amide bonds. The van der Waals surface area contributed by atoms with Gasteiger partial charge in [-0.15, -0.1) is 0 Å². The Balaban J connectivity index is 2.23. The minimum Gasteiger partial charge on any atom is -0.313 e. The van der Waals surface area contributed by atoms with Crippen LogP contribution in [0, 0.1) is 11.3 Å². The molecule has 0 bridgehead atoms. The van der Waals surface area contributed by atoms with Gasteiger partial charge in [-0.2, -0.15) is 0 Å². The van der Waals surface area contributed by atoms with Crippen molar-refractivity contribution in [2.24, 2.45) is 11.3 Å². The van der Waals surface area contributed by atoms with Crippen molar-refractivity contribution in [2.45, 2.75) is 104 Å². The molecule has 1 aliphatic carbocycles. The maximum Gasteiger partial charge on any atom is 0.00673 e. The summed E-state index contributed by atoms with van der Waals surface area (Å²) in [5, 5.41) is 3.89. The minimum atomic E-state index is 0.476. The third-order valence-electron chi connectivity index (χ3n) is 5.11. The van der Waals surface area contributed by atoms with Gasteiger partial charge in [0.15, 0.2) is 0 Å². The van der Waals surface area contributed by atoms with Crippen LogP contribution in [0.15, 0.2) is 0 Å². The molecule has 0 heterocycles. The summed E-state index contributed by atoms with van der Waals surface area (Å²) < 4.78 is 0. The monoisotopic (exact) mass is 281 g/mol. The maximum absolute atomic E-state index is 3.89. The zero-order chi connectivity index (χ0) is 14.8. The van der Waals surface area contributed by atoms with Gasteiger partial charge in [0.2, 0.25) is 0 Å². The number of rotatable bonds is 9. The van der Waals surface area contributed by atoms with E-state index in [1.54, 1.807) is 0 Å². The maximum atomic E-state index is 3.89. The molecular formula is C19H39N. The van der Waals surface area contributed by atoms with Crippen molar-refractivity contribution >= 4 is 0 Å². The predicted octanol–water partition coefficient (Wildman–Crippen LogP) is 5.93. The largest absolute Gasteiger partial charge is 0.313 e. The van der Waals surface area contributed by atoms with E-state index >= 15 is 0 Å². The van der Waals surface area contributed by atoms with Gasteiger partial charge in [-0.3, -0.25) is 0 Å². The van der Waals surface area contributed by atoms with E-state index < -0.39 is 0 Å². The quantitative estimate of drug-likeness (QED) is 0.408. The van der Waals surface area contributed by atoms with Crippen molar-refractivity contribution in [3.8, 4) is 0 Å². The second-order valence-electron chi connectivity index (χ2n) is 7.86. The highest BCUT2D eigenvalue weighted by Gasteiger charge is 2.22. The fraction of sp³-hybridized carbons (Fsp3) is 1.00. The van der Waals surface area contributed by atoms with Crippen LogP contribution in [0.1, 0.15) is 98.3 Å². The van der Waals surface area contributed by atoms with Crippen molar-refractivity contribution in [3.63, 3.8) is 0 Å². The Morgan fingerprint density at radius 2 is 1.75 bits per heavy atom. The molecule has 0 saturated heterocycles. The molecule has 0 aromatic rings. The zero-order valence-corrected chi connectivity index (χ0v) is 14.6. The molecule has 120 valence electrons. The lowest BCUT2D eigenvalue weighted by Gasteiger charge is -2.28. The molecule has 0 aliphatic heterocycles. The lowest BCUT2D eigenvalue weighted by Crippen LogP contribution is -2.36. The number of hydrogen-bond acceptors (Lipinski definition) is 1. The Morgan fingerprint density at radius 1 is 0.950 bits per heavy atom. The minimum absolute atomic E-state index is 0.476. The molecule has 1 saturated carbocycles. The van der Waals surface area contributed by atoms with Gasteiger partial charge in [-0.05, 0) is 37.0 Å². The van der Waals surface area contributed by atoms with Crippen molar-refractivity contribution < 1.29 is 0 Å². The molecule has 1 N–H and O–H groups in total. The SMILES string of the molecule is CCCCCC(C)(C)CNC1CCCC(CCC)CC1. The van der Waals surface area contributed by atoms with Gasteiger partial charge in [0.05, 0.1) is 0 Å². The van der Waals surface area contributed by atoms with Gasteiger partial charge < -0.3 is 5.32 Å². The summed E-state index contributed by atoms with van der Waals surface area (Å²) >= 11 is 0. The number of nitrogens with one attached hydrogen (secondary N) is 1. The molecule has 0 radical (unpaired) electrons. The average molecular weight is 282 g/mol. The van der Waals surface area contributed by atoms with Crippen LogP contribution in [0.2, 0.25) is 0 Å².